The van der Waals surface area contributed by atoms with Gasteiger partial charge in [0, 0.05) is 24.2 Å². The van der Waals surface area contributed by atoms with Crippen molar-refractivity contribution in [2.75, 3.05) is 20.3 Å². The van der Waals surface area contributed by atoms with Gasteiger partial charge >= 0.3 is 5.97 Å². The van der Waals surface area contributed by atoms with E-state index < -0.39 is 0 Å². The van der Waals surface area contributed by atoms with E-state index in [9.17, 15) is 9.59 Å². The van der Waals surface area contributed by atoms with E-state index in [0.717, 1.165) is 11.3 Å². The minimum Gasteiger partial charge on any atom is -0.496 e. The normalized spacial score (nSPS) is 10.2. The molecule has 0 aliphatic carbocycles. The number of ketones is 1. The molecule has 0 saturated heterocycles. The molecule has 0 bridgehead atoms. The van der Waals surface area contributed by atoms with Gasteiger partial charge in [0.05, 0.1) is 20.1 Å². The third-order valence-corrected chi connectivity index (χ3v) is 2.81. The first-order valence-corrected chi connectivity index (χ1v) is 6.62. The highest BCUT2D eigenvalue weighted by Gasteiger charge is 2.07. The Hall–Kier alpha value is -1.88. The van der Waals surface area contributed by atoms with E-state index in [-0.39, 0.29) is 11.8 Å². The van der Waals surface area contributed by atoms with Gasteiger partial charge < -0.3 is 14.8 Å². The lowest BCUT2D eigenvalue weighted by Gasteiger charge is -2.11. The third kappa shape index (κ3) is 5.01. The molecule has 0 aromatic heterocycles. The van der Waals surface area contributed by atoms with Crippen LogP contribution in [0.1, 0.15) is 36.2 Å². The average Bonchev–Trinajstić information content (AvgIpc) is 2.43. The zero-order valence-electron chi connectivity index (χ0n) is 12.2. The van der Waals surface area contributed by atoms with Crippen LogP contribution in [-0.4, -0.2) is 32.0 Å². The van der Waals surface area contributed by atoms with Gasteiger partial charge in [0.15, 0.2) is 5.78 Å². The lowest BCUT2D eigenvalue weighted by atomic mass is 10.1. The van der Waals surface area contributed by atoms with Crippen molar-refractivity contribution in [2.45, 2.75) is 26.8 Å². The van der Waals surface area contributed by atoms with Gasteiger partial charge in [0.25, 0.3) is 0 Å². The van der Waals surface area contributed by atoms with Crippen LogP contribution in [0.2, 0.25) is 0 Å². The standard InChI is InChI=1S/C15H21NO4/c1-4-20-15(18)7-8-16-10-13-9-12(11(2)17)5-6-14(13)19-3/h5-6,9,16H,4,7-8,10H2,1-3H3. The van der Waals surface area contributed by atoms with Gasteiger partial charge in [0.1, 0.15) is 5.75 Å². The van der Waals surface area contributed by atoms with E-state index in [1.807, 2.05) is 0 Å². The summed E-state index contributed by atoms with van der Waals surface area (Å²) in [5.41, 5.74) is 1.54. The molecule has 110 valence electrons. The fourth-order valence-electron chi connectivity index (χ4n) is 1.78. The van der Waals surface area contributed by atoms with Gasteiger partial charge in [-0.05, 0) is 32.0 Å². The largest absolute Gasteiger partial charge is 0.496 e. The zero-order valence-corrected chi connectivity index (χ0v) is 12.2. The van der Waals surface area contributed by atoms with Crippen LogP contribution in [0.5, 0.6) is 5.75 Å². The predicted octanol–water partition coefficient (Wildman–Crippen LogP) is 1.94. The number of methoxy groups -OCH3 is 1. The Morgan fingerprint density at radius 2 is 2.05 bits per heavy atom. The van der Waals surface area contributed by atoms with Gasteiger partial charge in [-0.3, -0.25) is 9.59 Å². The number of benzene rings is 1. The number of hydrogen-bond acceptors (Lipinski definition) is 5. The van der Waals surface area contributed by atoms with Gasteiger partial charge in [-0.2, -0.15) is 0 Å². The molecule has 1 aromatic carbocycles. The number of carbonyl (C=O) groups is 2. The first kappa shape index (κ1) is 16.2. The van der Waals surface area contributed by atoms with Crippen molar-refractivity contribution in [3.05, 3.63) is 29.3 Å². The Labute approximate surface area is 119 Å². The molecule has 0 saturated carbocycles. The second-order valence-corrected chi connectivity index (χ2v) is 4.31. The van der Waals surface area contributed by atoms with Crippen molar-refractivity contribution in [1.29, 1.82) is 0 Å². The maximum absolute atomic E-state index is 11.4. The molecule has 0 atom stereocenters. The van der Waals surface area contributed by atoms with Crippen LogP contribution in [0, 0.1) is 0 Å². The van der Waals surface area contributed by atoms with E-state index in [2.05, 4.69) is 5.32 Å². The first-order valence-electron chi connectivity index (χ1n) is 6.62. The van der Waals surface area contributed by atoms with Crippen LogP contribution in [0.3, 0.4) is 0 Å². The molecule has 0 fully saturated rings. The summed E-state index contributed by atoms with van der Waals surface area (Å²) in [4.78, 5) is 22.6. The summed E-state index contributed by atoms with van der Waals surface area (Å²) in [5, 5.41) is 3.14. The number of nitrogens with one attached hydrogen (secondary N) is 1. The van der Waals surface area contributed by atoms with E-state index in [1.54, 1.807) is 32.2 Å². The summed E-state index contributed by atoms with van der Waals surface area (Å²) < 4.78 is 10.1. The molecule has 0 amide bonds. The number of esters is 1. The Bertz CT molecular complexity index is 471. The maximum Gasteiger partial charge on any atom is 0.307 e. The quantitative estimate of drug-likeness (QED) is 0.447. The first-order chi connectivity index (χ1) is 9.58. The van der Waals surface area contributed by atoms with Crippen LogP contribution in [-0.2, 0) is 16.1 Å². The second-order valence-electron chi connectivity index (χ2n) is 4.31. The molecular formula is C15H21NO4. The summed E-state index contributed by atoms with van der Waals surface area (Å²) in [7, 11) is 1.59. The molecule has 0 radical (unpaired) electrons. The second kappa shape index (κ2) is 8.32. The Morgan fingerprint density at radius 1 is 1.30 bits per heavy atom. The van der Waals surface area contributed by atoms with Gasteiger partial charge in [0.2, 0.25) is 0 Å². The van der Waals surface area contributed by atoms with Crippen LogP contribution in [0.25, 0.3) is 0 Å². The fraction of sp³-hybridized carbons (Fsp3) is 0.467. The smallest absolute Gasteiger partial charge is 0.307 e. The zero-order chi connectivity index (χ0) is 15.0. The van der Waals surface area contributed by atoms with E-state index in [1.165, 1.54) is 6.92 Å². The number of ether oxygens (including phenoxy) is 2. The average molecular weight is 279 g/mol. The van der Waals surface area contributed by atoms with Gasteiger partial charge in [-0.15, -0.1) is 0 Å². The highest BCUT2D eigenvalue weighted by molar-refractivity contribution is 5.94. The van der Waals surface area contributed by atoms with Gasteiger partial charge in [-0.1, -0.05) is 0 Å². The Balaban J connectivity index is 2.55. The molecule has 20 heavy (non-hydrogen) atoms. The van der Waals surface area contributed by atoms with Crippen molar-refractivity contribution >= 4 is 11.8 Å². The van der Waals surface area contributed by atoms with Crippen LogP contribution in [0.15, 0.2) is 18.2 Å². The van der Waals surface area contributed by atoms with E-state index in [0.29, 0.717) is 31.7 Å². The maximum atomic E-state index is 11.4. The molecule has 1 aromatic rings. The highest BCUT2D eigenvalue weighted by atomic mass is 16.5. The van der Waals surface area contributed by atoms with E-state index in [4.69, 9.17) is 9.47 Å². The van der Waals surface area contributed by atoms with Crippen molar-refractivity contribution in [3.63, 3.8) is 0 Å². The lowest BCUT2D eigenvalue weighted by molar-refractivity contribution is -0.142. The lowest BCUT2D eigenvalue weighted by Crippen LogP contribution is -2.19. The molecule has 1 N–H and O–H groups in total. The monoisotopic (exact) mass is 279 g/mol. The minimum absolute atomic E-state index is 0.0143. The van der Waals surface area contributed by atoms with Crippen molar-refractivity contribution < 1.29 is 19.1 Å². The summed E-state index contributed by atoms with van der Waals surface area (Å²) in [6.45, 7) is 4.76. The van der Waals surface area contributed by atoms with Crippen LogP contribution < -0.4 is 10.1 Å². The molecule has 1 rings (SSSR count). The number of hydrogen-bond donors (Lipinski definition) is 1. The van der Waals surface area contributed by atoms with Crippen molar-refractivity contribution in [1.82, 2.24) is 5.32 Å². The van der Waals surface area contributed by atoms with Crippen LogP contribution >= 0.6 is 0 Å². The summed E-state index contributed by atoms with van der Waals surface area (Å²) in [6, 6.07) is 5.32. The molecule has 0 unspecified atom stereocenters. The molecule has 5 heteroatoms. The fourth-order valence-corrected chi connectivity index (χ4v) is 1.78. The summed E-state index contributed by atoms with van der Waals surface area (Å²) in [5.74, 6) is 0.517. The highest BCUT2D eigenvalue weighted by Crippen LogP contribution is 2.20. The number of rotatable bonds is 8. The molecule has 0 aliphatic rings. The molecular weight excluding hydrogens is 258 g/mol. The van der Waals surface area contributed by atoms with Crippen molar-refractivity contribution in [3.8, 4) is 5.75 Å². The Kier molecular flexibility index (Phi) is 6.73. The number of carbonyl (C=O) groups excluding carboxylic acids is 2. The minimum atomic E-state index is -0.218. The van der Waals surface area contributed by atoms with E-state index >= 15 is 0 Å². The Morgan fingerprint density at radius 3 is 2.65 bits per heavy atom. The SMILES string of the molecule is CCOC(=O)CCNCc1cc(C(C)=O)ccc1OC. The molecule has 5 nitrogen and oxygen atoms in total. The predicted molar refractivity (Wildman–Crippen MR) is 76.0 cm³/mol. The third-order valence-electron chi connectivity index (χ3n) is 2.81. The summed E-state index contributed by atoms with van der Waals surface area (Å²) in [6.07, 6.45) is 0.322. The molecule has 0 spiro atoms. The van der Waals surface area contributed by atoms with Gasteiger partial charge in [-0.25, -0.2) is 0 Å². The number of Topliss-reactive ketones (excluding diaryl/α,β-unsaturated/α-hetero) is 1. The molecule has 0 aliphatic heterocycles. The topological polar surface area (TPSA) is 64.6 Å². The van der Waals surface area contributed by atoms with Crippen LogP contribution in [0.4, 0.5) is 0 Å². The summed E-state index contributed by atoms with van der Waals surface area (Å²) >= 11 is 0. The molecule has 0 heterocycles. The van der Waals surface area contributed by atoms with Crippen molar-refractivity contribution in [2.24, 2.45) is 0 Å².